The van der Waals surface area contributed by atoms with Gasteiger partial charge in [0.05, 0.1) is 4.21 Å². The van der Waals surface area contributed by atoms with Crippen molar-refractivity contribution in [1.82, 2.24) is 0 Å². The number of hydrogen-bond acceptors (Lipinski definition) is 2. The molecule has 12 heavy (non-hydrogen) atoms. The summed E-state index contributed by atoms with van der Waals surface area (Å²) in [5.74, 6) is 0. The quantitative estimate of drug-likeness (QED) is 0.684. The third-order valence-electron chi connectivity index (χ3n) is 1.69. The van der Waals surface area contributed by atoms with E-state index >= 15 is 0 Å². The summed E-state index contributed by atoms with van der Waals surface area (Å²) < 4.78 is 3.92. The summed E-state index contributed by atoms with van der Waals surface area (Å²) in [7, 11) is 0. The molecule has 0 spiro atoms. The van der Waals surface area contributed by atoms with Crippen molar-refractivity contribution in [2.75, 3.05) is 6.26 Å². The van der Waals surface area contributed by atoms with E-state index in [2.05, 4.69) is 46.5 Å². The van der Waals surface area contributed by atoms with E-state index in [4.69, 9.17) is 0 Å². The maximum atomic E-state index is 3.54. The molecule has 0 amide bonds. The van der Waals surface area contributed by atoms with Gasteiger partial charge in [-0.1, -0.05) is 22.0 Å². The summed E-state index contributed by atoms with van der Waals surface area (Å²) in [5.41, 5.74) is 0. The molecule has 0 aliphatic rings. The highest BCUT2D eigenvalue weighted by Crippen LogP contribution is 2.35. The Morgan fingerprint density at radius 2 is 2.25 bits per heavy atom. The summed E-state index contributed by atoms with van der Waals surface area (Å²) in [6, 6.07) is 8.55. The van der Waals surface area contributed by atoms with Crippen molar-refractivity contribution >= 4 is 49.1 Å². The van der Waals surface area contributed by atoms with Crippen LogP contribution in [0.4, 0.5) is 0 Å². The number of thiophene rings is 1. The molecule has 0 saturated carbocycles. The maximum absolute atomic E-state index is 3.54. The van der Waals surface area contributed by atoms with Crippen molar-refractivity contribution in [3.63, 3.8) is 0 Å². The zero-order valence-electron chi connectivity index (χ0n) is 6.50. The highest BCUT2D eigenvalue weighted by molar-refractivity contribution is 9.10. The molecule has 0 saturated heterocycles. The van der Waals surface area contributed by atoms with Gasteiger partial charge >= 0.3 is 0 Å². The number of hydrogen-bond donors (Lipinski definition) is 0. The third kappa shape index (κ3) is 1.41. The van der Waals surface area contributed by atoms with E-state index in [0.29, 0.717) is 0 Å². The molecule has 0 bridgehead atoms. The van der Waals surface area contributed by atoms with E-state index in [9.17, 15) is 0 Å². The minimum atomic E-state index is 1.19. The molecule has 0 aliphatic heterocycles. The van der Waals surface area contributed by atoms with Gasteiger partial charge in [0.15, 0.2) is 0 Å². The van der Waals surface area contributed by atoms with Gasteiger partial charge in [0.1, 0.15) is 0 Å². The lowest BCUT2D eigenvalue weighted by Gasteiger charge is -1.89. The number of halogens is 1. The molecule has 0 N–H and O–H groups in total. The Balaban J connectivity index is 2.74. The van der Waals surface area contributed by atoms with Crippen LogP contribution in [0.1, 0.15) is 0 Å². The lowest BCUT2D eigenvalue weighted by atomic mass is 10.3. The van der Waals surface area contributed by atoms with Gasteiger partial charge in [-0.15, -0.1) is 23.1 Å². The van der Waals surface area contributed by atoms with Crippen LogP contribution in [0.3, 0.4) is 0 Å². The fourth-order valence-corrected chi connectivity index (χ4v) is 3.37. The first-order valence-corrected chi connectivity index (χ1v) is 6.37. The van der Waals surface area contributed by atoms with Gasteiger partial charge in [-0.3, -0.25) is 0 Å². The second kappa shape index (κ2) is 3.40. The van der Waals surface area contributed by atoms with Crippen molar-refractivity contribution in [1.29, 1.82) is 0 Å². The normalized spacial score (nSPS) is 10.8. The van der Waals surface area contributed by atoms with Crippen LogP contribution >= 0.6 is 39.0 Å². The van der Waals surface area contributed by atoms with Crippen molar-refractivity contribution in [2.24, 2.45) is 0 Å². The van der Waals surface area contributed by atoms with Gasteiger partial charge in [0, 0.05) is 14.6 Å². The first-order valence-electron chi connectivity index (χ1n) is 3.53. The Kier molecular flexibility index (Phi) is 2.44. The number of fused-ring (bicyclic) bond motifs is 1. The van der Waals surface area contributed by atoms with E-state index in [-0.39, 0.29) is 0 Å². The number of thioether (sulfide) groups is 1. The maximum Gasteiger partial charge on any atom is 0.0608 e. The summed E-state index contributed by atoms with van der Waals surface area (Å²) in [6.07, 6.45) is 2.11. The molecule has 1 aromatic carbocycles. The van der Waals surface area contributed by atoms with E-state index in [0.717, 1.165) is 0 Å². The van der Waals surface area contributed by atoms with Crippen LogP contribution in [0.5, 0.6) is 0 Å². The zero-order chi connectivity index (χ0) is 8.55. The van der Waals surface area contributed by atoms with Crippen molar-refractivity contribution < 1.29 is 0 Å². The predicted molar refractivity (Wildman–Crippen MR) is 61.3 cm³/mol. The lowest BCUT2D eigenvalue weighted by Crippen LogP contribution is -1.63. The highest BCUT2D eigenvalue weighted by Gasteiger charge is 2.02. The minimum Gasteiger partial charge on any atom is -0.129 e. The van der Waals surface area contributed by atoms with Gasteiger partial charge in [-0.05, 0) is 24.5 Å². The summed E-state index contributed by atoms with van der Waals surface area (Å²) in [6.45, 7) is 0. The zero-order valence-corrected chi connectivity index (χ0v) is 9.72. The van der Waals surface area contributed by atoms with Crippen LogP contribution in [0.2, 0.25) is 0 Å². The van der Waals surface area contributed by atoms with Gasteiger partial charge in [-0.2, -0.15) is 0 Å². The van der Waals surface area contributed by atoms with Crippen LogP contribution in [0.25, 0.3) is 10.1 Å². The molecular formula is C9H7BrS2. The molecular weight excluding hydrogens is 252 g/mol. The summed E-state index contributed by atoms with van der Waals surface area (Å²) >= 11 is 7.18. The molecule has 0 fully saturated rings. The molecule has 2 aromatic rings. The van der Waals surface area contributed by atoms with Gasteiger partial charge in [0.2, 0.25) is 0 Å². The van der Waals surface area contributed by atoms with Crippen LogP contribution in [0, 0.1) is 0 Å². The molecule has 3 heteroatoms. The van der Waals surface area contributed by atoms with Crippen molar-refractivity contribution in [3.8, 4) is 0 Å². The Bertz CT molecular complexity index is 406. The summed E-state index contributed by atoms with van der Waals surface area (Å²) in [4.78, 5) is 0. The van der Waals surface area contributed by atoms with Crippen LogP contribution < -0.4 is 0 Å². The standard InChI is InChI=1S/C9H7BrS2/c1-11-9-5-6-7(10)3-2-4-8(6)12-9/h2-5H,1H3. The molecule has 0 aliphatic carbocycles. The fraction of sp³-hybridized carbons (Fsp3) is 0.111. The predicted octanol–water partition coefficient (Wildman–Crippen LogP) is 4.39. The second-order valence-corrected chi connectivity index (χ2v) is 5.47. The molecule has 2 rings (SSSR count). The largest absolute Gasteiger partial charge is 0.129 e. The molecule has 0 unspecified atom stereocenters. The number of benzene rings is 1. The molecule has 1 heterocycles. The van der Waals surface area contributed by atoms with E-state index in [1.165, 1.54) is 18.8 Å². The Hall–Kier alpha value is 0.01000. The fourth-order valence-electron chi connectivity index (χ4n) is 1.10. The van der Waals surface area contributed by atoms with Crippen LogP contribution in [-0.4, -0.2) is 6.26 Å². The van der Waals surface area contributed by atoms with Gasteiger partial charge < -0.3 is 0 Å². The number of rotatable bonds is 1. The lowest BCUT2D eigenvalue weighted by molar-refractivity contribution is 1.73. The smallest absolute Gasteiger partial charge is 0.0608 e. The SMILES string of the molecule is CSc1cc2c(Br)cccc2s1. The van der Waals surface area contributed by atoms with E-state index in [1.54, 1.807) is 11.8 Å². The highest BCUT2D eigenvalue weighted by atomic mass is 79.9. The van der Waals surface area contributed by atoms with E-state index in [1.807, 2.05) is 11.3 Å². The molecule has 62 valence electrons. The minimum absolute atomic E-state index is 1.19. The topological polar surface area (TPSA) is 0 Å². The van der Waals surface area contributed by atoms with Crippen molar-refractivity contribution in [3.05, 3.63) is 28.7 Å². The Morgan fingerprint density at radius 3 is 2.92 bits per heavy atom. The molecule has 0 atom stereocenters. The summed E-state index contributed by atoms with van der Waals surface area (Å²) in [5, 5.41) is 1.33. The first-order chi connectivity index (χ1) is 5.81. The van der Waals surface area contributed by atoms with Gasteiger partial charge in [-0.25, -0.2) is 0 Å². The van der Waals surface area contributed by atoms with Crippen molar-refractivity contribution in [2.45, 2.75) is 4.21 Å². The Morgan fingerprint density at radius 1 is 1.42 bits per heavy atom. The first kappa shape index (κ1) is 8.60. The van der Waals surface area contributed by atoms with Crippen LogP contribution in [-0.2, 0) is 0 Å². The Labute approximate surface area is 88.1 Å². The monoisotopic (exact) mass is 258 g/mol. The molecule has 0 nitrogen and oxygen atoms in total. The molecule has 1 aromatic heterocycles. The molecule has 0 radical (unpaired) electrons. The van der Waals surface area contributed by atoms with Gasteiger partial charge in [0.25, 0.3) is 0 Å². The average molecular weight is 259 g/mol. The van der Waals surface area contributed by atoms with Crippen LogP contribution in [0.15, 0.2) is 32.9 Å². The van der Waals surface area contributed by atoms with E-state index < -0.39 is 0 Å². The average Bonchev–Trinajstić information content (AvgIpc) is 2.49. The third-order valence-corrected chi connectivity index (χ3v) is 4.54. The second-order valence-electron chi connectivity index (χ2n) is 2.42.